The maximum atomic E-state index is 6.12. The molecule has 4 rings (SSSR count). The molecule has 1 atom stereocenters. The SMILES string of the molecule is CCn1cc(CN2CCO[C@@H](c3cccc(Cc4cccc(Cl)c4)n3)C2)c(C)n1. The zero-order valence-electron chi connectivity index (χ0n) is 17.0. The molecule has 1 aromatic carbocycles. The summed E-state index contributed by atoms with van der Waals surface area (Å²) in [5.74, 6) is 0. The number of hydrogen-bond acceptors (Lipinski definition) is 4. The van der Waals surface area contributed by atoms with Gasteiger partial charge in [-0.2, -0.15) is 5.10 Å². The number of aryl methyl sites for hydroxylation is 2. The summed E-state index contributed by atoms with van der Waals surface area (Å²) >= 11 is 6.12. The first-order chi connectivity index (χ1) is 14.1. The lowest BCUT2D eigenvalue weighted by Gasteiger charge is -2.32. The standard InChI is InChI=1S/C23H27ClN4O/c1-3-28-15-19(17(2)26-28)14-27-10-11-29-23(16-27)22-9-5-8-21(25-22)13-18-6-4-7-20(24)12-18/h4-9,12,15,23H,3,10-11,13-14,16H2,1-2H3/t23-/m1/s1. The van der Waals surface area contributed by atoms with E-state index in [0.29, 0.717) is 6.61 Å². The zero-order valence-corrected chi connectivity index (χ0v) is 17.8. The summed E-state index contributed by atoms with van der Waals surface area (Å²) in [5.41, 5.74) is 5.59. The maximum absolute atomic E-state index is 6.12. The third kappa shape index (κ3) is 5.04. The number of benzene rings is 1. The topological polar surface area (TPSA) is 43.2 Å². The second kappa shape index (κ2) is 9.08. The number of hydrogen-bond donors (Lipinski definition) is 0. The maximum Gasteiger partial charge on any atom is 0.112 e. The molecule has 0 aliphatic carbocycles. The Kier molecular flexibility index (Phi) is 6.28. The molecular weight excluding hydrogens is 384 g/mol. The van der Waals surface area contributed by atoms with Crippen molar-refractivity contribution in [3.63, 3.8) is 0 Å². The zero-order chi connectivity index (χ0) is 20.2. The summed E-state index contributed by atoms with van der Waals surface area (Å²) in [6.45, 7) is 8.47. The van der Waals surface area contributed by atoms with Gasteiger partial charge >= 0.3 is 0 Å². The molecule has 1 aliphatic heterocycles. The van der Waals surface area contributed by atoms with Gasteiger partial charge < -0.3 is 4.74 Å². The molecule has 5 nitrogen and oxygen atoms in total. The first-order valence-corrected chi connectivity index (χ1v) is 10.6. The molecule has 3 aromatic rings. The third-order valence-corrected chi connectivity index (χ3v) is 5.58. The fourth-order valence-electron chi connectivity index (χ4n) is 3.77. The highest BCUT2D eigenvalue weighted by Gasteiger charge is 2.24. The molecule has 0 amide bonds. The van der Waals surface area contributed by atoms with Crippen molar-refractivity contribution in [1.82, 2.24) is 19.7 Å². The van der Waals surface area contributed by atoms with Gasteiger partial charge in [-0.25, -0.2) is 0 Å². The van der Waals surface area contributed by atoms with Crippen LogP contribution in [0, 0.1) is 6.92 Å². The highest BCUT2D eigenvalue weighted by atomic mass is 35.5. The van der Waals surface area contributed by atoms with Crippen LogP contribution >= 0.6 is 11.6 Å². The molecule has 6 heteroatoms. The summed E-state index contributed by atoms with van der Waals surface area (Å²) in [6.07, 6.45) is 2.91. The Balaban J connectivity index is 1.44. The number of aromatic nitrogens is 3. The van der Waals surface area contributed by atoms with Gasteiger partial charge in [-0.3, -0.25) is 14.6 Å². The van der Waals surface area contributed by atoms with E-state index in [9.17, 15) is 0 Å². The van der Waals surface area contributed by atoms with Crippen molar-refractivity contribution < 1.29 is 4.74 Å². The van der Waals surface area contributed by atoms with E-state index in [1.807, 2.05) is 22.9 Å². The largest absolute Gasteiger partial charge is 0.369 e. The van der Waals surface area contributed by atoms with E-state index < -0.39 is 0 Å². The number of ether oxygens (including phenoxy) is 1. The Bertz CT molecular complexity index is 971. The second-order valence-electron chi connectivity index (χ2n) is 7.55. The predicted octanol–water partition coefficient (Wildman–Crippen LogP) is 4.42. The Morgan fingerprint density at radius 1 is 1.21 bits per heavy atom. The fraction of sp³-hybridized carbons (Fsp3) is 0.391. The van der Waals surface area contributed by atoms with Crippen molar-refractivity contribution in [3.8, 4) is 0 Å². The van der Waals surface area contributed by atoms with Crippen molar-refractivity contribution in [2.75, 3.05) is 19.7 Å². The van der Waals surface area contributed by atoms with Gasteiger partial charge in [0.05, 0.1) is 18.0 Å². The van der Waals surface area contributed by atoms with Crippen molar-refractivity contribution in [1.29, 1.82) is 0 Å². The second-order valence-corrected chi connectivity index (χ2v) is 7.99. The van der Waals surface area contributed by atoms with E-state index in [1.165, 1.54) is 5.56 Å². The predicted molar refractivity (Wildman–Crippen MR) is 115 cm³/mol. The molecule has 1 saturated heterocycles. The average molecular weight is 411 g/mol. The highest BCUT2D eigenvalue weighted by molar-refractivity contribution is 6.30. The molecule has 1 aliphatic rings. The lowest BCUT2D eigenvalue weighted by Crippen LogP contribution is -2.38. The van der Waals surface area contributed by atoms with E-state index in [4.69, 9.17) is 21.3 Å². The van der Waals surface area contributed by atoms with Gasteiger partial charge in [-0.15, -0.1) is 0 Å². The number of pyridine rings is 1. The van der Waals surface area contributed by atoms with Gasteiger partial charge in [-0.1, -0.05) is 29.8 Å². The van der Waals surface area contributed by atoms with Crippen molar-refractivity contribution >= 4 is 11.6 Å². The van der Waals surface area contributed by atoms with Gasteiger partial charge in [0.15, 0.2) is 0 Å². The van der Waals surface area contributed by atoms with Gasteiger partial charge in [0, 0.05) is 55.1 Å². The summed E-state index contributed by atoms with van der Waals surface area (Å²) in [4.78, 5) is 7.32. The quantitative estimate of drug-likeness (QED) is 0.603. The monoisotopic (exact) mass is 410 g/mol. The van der Waals surface area contributed by atoms with Crippen molar-refractivity contribution in [2.24, 2.45) is 0 Å². The first-order valence-electron chi connectivity index (χ1n) is 10.2. The molecule has 0 N–H and O–H groups in total. The van der Waals surface area contributed by atoms with Crippen LogP contribution in [0.4, 0.5) is 0 Å². The highest BCUT2D eigenvalue weighted by Crippen LogP contribution is 2.23. The van der Waals surface area contributed by atoms with Crippen molar-refractivity contribution in [2.45, 2.75) is 39.5 Å². The van der Waals surface area contributed by atoms with E-state index in [2.05, 4.69) is 54.3 Å². The Morgan fingerprint density at radius 3 is 2.86 bits per heavy atom. The van der Waals surface area contributed by atoms with Gasteiger partial charge in [-0.05, 0) is 43.7 Å². The third-order valence-electron chi connectivity index (χ3n) is 5.35. The minimum absolute atomic E-state index is 0.00964. The molecular formula is C23H27ClN4O. The van der Waals surface area contributed by atoms with Crippen LogP contribution in [0.25, 0.3) is 0 Å². The van der Waals surface area contributed by atoms with E-state index in [-0.39, 0.29) is 6.10 Å². The number of rotatable bonds is 6. The van der Waals surface area contributed by atoms with Crippen LogP contribution in [-0.4, -0.2) is 39.4 Å². The van der Waals surface area contributed by atoms with Crippen LogP contribution in [0.15, 0.2) is 48.7 Å². The molecule has 29 heavy (non-hydrogen) atoms. The molecule has 2 aromatic heterocycles. The average Bonchev–Trinajstić information content (AvgIpc) is 3.08. The molecule has 3 heterocycles. The van der Waals surface area contributed by atoms with Crippen LogP contribution < -0.4 is 0 Å². The summed E-state index contributed by atoms with van der Waals surface area (Å²) in [6, 6.07) is 14.1. The minimum Gasteiger partial charge on any atom is -0.369 e. The summed E-state index contributed by atoms with van der Waals surface area (Å²) in [5, 5.41) is 5.32. The molecule has 0 spiro atoms. The Morgan fingerprint density at radius 2 is 2.07 bits per heavy atom. The van der Waals surface area contributed by atoms with Crippen LogP contribution in [0.5, 0.6) is 0 Å². The molecule has 0 saturated carbocycles. The summed E-state index contributed by atoms with van der Waals surface area (Å²) < 4.78 is 8.07. The van der Waals surface area contributed by atoms with Crippen LogP contribution in [0.2, 0.25) is 5.02 Å². The fourth-order valence-corrected chi connectivity index (χ4v) is 3.99. The van der Waals surface area contributed by atoms with E-state index in [1.54, 1.807) is 0 Å². The molecule has 1 fully saturated rings. The molecule has 152 valence electrons. The normalized spacial score (nSPS) is 17.6. The molecule has 0 unspecified atom stereocenters. The number of nitrogens with zero attached hydrogens (tertiary/aromatic N) is 4. The Hall–Kier alpha value is -2.21. The van der Waals surface area contributed by atoms with Crippen LogP contribution in [-0.2, 0) is 24.2 Å². The lowest BCUT2D eigenvalue weighted by molar-refractivity contribution is -0.0351. The van der Waals surface area contributed by atoms with E-state index in [0.717, 1.165) is 60.3 Å². The Labute approximate surface area is 177 Å². The lowest BCUT2D eigenvalue weighted by atomic mass is 10.1. The minimum atomic E-state index is -0.00964. The van der Waals surface area contributed by atoms with E-state index >= 15 is 0 Å². The van der Waals surface area contributed by atoms with Crippen LogP contribution in [0.1, 0.15) is 41.2 Å². The van der Waals surface area contributed by atoms with Crippen molar-refractivity contribution in [3.05, 3.63) is 81.9 Å². The van der Waals surface area contributed by atoms with Gasteiger partial charge in [0.25, 0.3) is 0 Å². The van der Waals surface area contributed by atoms with Gasteiger partial charge in [0.2, 0.25) is 0 Å². The molecule has 0 radical (unpaired) electrons. The first kappa shape index (κ1) is 20.1. The summed E-state index contributed by atoms with van der Waals surface area (Å²) in [7, 11) is 0. The van der Waals surface area contributed by atoms with Crippen LogP contribution in [0.3, 0.4) is 0 Å². The molecule has 0 bridgehead atoms. The number of morpholine rings is 1. The smallest absolute Gasteiger partial charge is 0.112 e. The van der Waals surface area contributed by atoms with Gasteiger partial charge in [0.1, 0.15) is 6.10 Å². The number of halogens is 1.